The van der Waals surface area contributed by atoms with Crippen molar-refractivity contribution in [2.45, 2.75) is 38.1 Å². The van der Waals surface area contributed by atoms with E-state index >= 15 is 0 Å². The second-order valence-corrected chi connectivity index (χ2v) is 5.25. The fourth-order valence-electron chi connectivity index (χ4n) is 2.55. The normalized spacial score (nSPS) is 16.9. The van der Waals surface area contributed by atoms with E-state index in [1.165, 1.54) is 6.07 Å². The van der Waals surface area contributed by atoms with E-state index in [0.29, 0.717) is 17.3 Å². The zero-order chi connectivity index (χ0) is 13.5. The molecule has 1 saturated carbocycles. The SMILES string of the molecule is Cc1cc(-c2nc(C3(N)CCCC3)no2)ccc1F.Cl. The predicted octanol–water partition coefficient (Wildman–Crippen LogP) is 3.33. The number of halogens is 2. The van der Waals surface area contributed by atoms with E-state index in [9.17, 15) is 4.39 Å². The lowest BCUT2D eigenvalue weighted by atomic mass is 9.98. The Kier molecular flexibility index (Phi) is 4.11. The Hall–Kier alpha value is -1.46. The number of nitrogens with two attached hydrogens (primary N) is 1. The van der Waals surface area contributed by atoms with Crippen molar-refractivity contribution in [2.24, 2.45) is 5.73 Å². The highest BCUT2D eigenvalue weighted by atomic mass is 35.5. The fourth-order valence-corrected chi connectivity index (χ4v) is 2.55. The molecule has 1 heterocycles. The Morgan fingerprint density at radius 2 is 2.00 bits per heavy atom. The number of benzene rings is 1. The third kappa shape index (κ3) is 2.55. The smallest absolute Gasteiger partial charge is 0.258 e. The fraction of sp³-hybridized carbons (Fsp3) is 0.429. The molecule has 0 spiro atoms. The molecule has 20 heavy (non-hydrogen) atoms. The van der Waals surface area contributed by atoms with E-state index in [0.717, 1.165) is 31.2 Å². The van der Waals surface area contributed by atoms with Gasteiger partial charge in [0.1, 0.15) is 5.82 Å². The van der Waals surface area contributed by atoms with Crippen LogP contribution in [0.4, 0.5) is 4.39 Å². The molecule has 4 nitrogen and oxygen atoms in total. The summed E-state index contributed by atoms with van der Waals surface area (Å²) in [7, 11) is 0. The van der Waals surface area contributed by atoms with Crippen molar-refractivity contribution in [3.05, 3.63) is 35.4 Å². The lowest BCUT2D eigenvalue weighted by Crippen LogP contribution is -2.34. The Balaban J connectivity index is 0.00000147. The number of aromatic nitrogens is 2. The molecule has 108 valence electrons. The highest BCUT2D eigenvalue weighted by molar-refractivity contribution is 5.85. The average Bonchev–Trinajstić information content (AvgIpc) is 3.02. The molecule has 1 aromatic heterocycles. The minimum atomic E-state index is -0.461. The highest BCUT2D eigenvalue weighted by Crippen LogP contribution is 2.35. The van der Waals surface area contributed by atoms with Gasteiger partial charge < -0.3 is 10.3 Å². The van der Waals surface area contributed by atoms with Gasteiger partial charge in [-0.1, -0.05) is 18.0 Å². The van der Waals surface area contributed by atoms with Gasteiger partial charge in [-0.15, -0.1) is 12.4 Å². The van der Waals surface area contributed by atoms with Gasteiger partial charge in [0.15, 0.2) is 5.82 Å². The van der Waals surface area contributed by atoms with Gasteiger partial charge in [0.2, 0.25) is 0 Å². The van der Waals surface area contributed by atoms with E-state index < -0.39 is 5.54 Å². The summed E-state index contributed by atoms with van der Waals surface area (Å²) in [6, 6.07) is 4.74. The standard InChI is InChI=1S/C14H16FN3O.ClH/c1-9-8-10(4-5-11(9)15)12-17-13(18-19-12)14(16)6-2-3-7-14;/h4-5,8H,2-3,6-7,16H2,1H3;1H. The number of hydrogen-bond donors (Lipinski definition) is 1. The van der Waals surface area contributed by atoms with Gasteiger partial charge in [-0.25, -0.2) is 4.39 Å². The Labute approximate surface area is 123 Å². The summed E-state index contributed by atoms with van der Waals surface area (Å²) < 4.78 is 18.5. The van der Waals surface area contributed by atoms with Gasteiger partial charge in [-0.05, 0) is 43.5 Å². The van der Waals surface area contributed by atoms with Gasteiger partial charge in [0, 0.05) is 5.56 Å². The summed E-state index contributed by atoms with van der Waals surface area (Å²) >= 11 is 0. The van der Waals surface area contributed by atoms with Crippen molar-refractivity contribution >= 4 is 12.4 Å². The van der Waals surface area contributed by atoms with Gasteiger partial charge >= 0.3 is 0 Å². The van der Waals surface area contributed by atoms with Crippen LogP contribution in [0.15, 0.2) is 22.7 Å². The molecular weight excluding hydrogens is 281 g/mol. The van der Waals surface area contributed by atoms with Crippen molar-refractivity contribution in [1.29, 1.82) is 0 Å². The van der Waals surface area contributed by atoms with Crippen LogP contribution in [0.1, 0.15) is 37.1 Å². The number of aryl methyl sites for hydroxylation is 1. The molecule has 0 radical (unpaired) electrons. The molecule has 2 N–H and O–H groups in total. The highest BCUT2D eigenvalue weighted by Gasteiger charge is 2.36. The molecule has 0 unspecified atom stereocenters. The third-order valence-corrected chi connectivity index (χ3v) is 3.77. The topological polar surface area (TPSA) is 64.9 Å². The zero-order valence-corrected chi connectivity index (χ0v) is 12.0. The maximum absolute atomic E-state index is 13.2. The Morgan fingerprint density at radius 3 is 2.65 bits per heavy atom. The second-order valence-electron chi connectivity index (χ2n) is 5.25. The molecule has 1 aromatic carbocycles. The summed E-state index contributed by atoms with van der Waals surface area (Å²) in [5, 5.41) is 3.99. The van der Waals surface area contributed by atoms with Crippen molar-refractivity contribution in [2.75, 3.05) is 0 Å². The van der Waals surface area contributed by atoms with Crippen molar-refractivity contribution in [3.63, 3.8) is 0 Å². The predicted molar refractivity (Wildman–Crippen MR) is 76.0 cm³/mol. The summed E-state index contributed by atoms with van der Waals surface area (Å²) in [6.45, 7) is 1.71. The van der Waals surface area contributed by atoms with E-state index in [4.69, 9.17) is 10.3 Å². The Morgan fingerprint density at radius 1 is 1.30 bits per heavy atom. The lowest BCUT2D eigenvalue weighted by molar-refractivity contribution is 0.372. The van der Waals surface area contributed by atoms with Crippen LogP contribution in [-0.2, 0) is 5.54 Å². The van der Waals surface area contributed by atoms with Crippen LogP contribution in [0.2, 0.25) is 0 Å². The summed E-state index contributed by atoms with van der Waals surface area (Å²) in [5.74, 6) is 0.714. The van der Waals surface area contributed by atoms with Crippen LogP contribution in [0.3, 0.4) is 0 Å². The second kappa shape index (κ2) is 5.50. The first-order valence-corrected chi connectivity index (χ1v) is 6.48. The average molecular weight is 298 g/mol. The van der Waals surface area contributed by atoms with Crippen molar-refractivity contribution in [3.8, 4) is 11.5 Å². The first-order valence-electron chi connectivity index (χ1n) is 6.48. The van der Waals surface area contributed by atoms with Crippen LogP contribution < -0.4 is 5.73 Å². The van der Waals surface area contributed by atoms with Crippen LogP contribution in [-0.4, -0.2) is 10.1 Å². The summed E-state index contributed by atoms with van der Waals surface area (Å²) in [5.41, 5.74) is 7.10. The molecular formula is C14H17ClFN3O. The van der Waals surface area contributed by atoms with Crippen molar-refractivity contribution < 1.29 is 8.91 Å². The molecule has 1 aliphatic carbocycles. The molecule has 2 aromatic rings. The largest absolute Gasteiger partial charge is 0.334 e. The first kappa shape index (κ1) is 14.9. The monoisotopic (exact) mass is 297 g/mol. The summed E-state index contributed by atoms with van der Waals surface area (Å²) in [4.78, 5) is 4.38. The minimum Gasteiger partial charge on any atom is -0.334 e. The van der Waals surface area contributed by atoms with Gasteiger partial charge in [-0.3, -0.25) is 0 Å². The van der Waals surface area contributed by atoms with E-state index in [-0.39, 0.29) is 18.2 Å². The van der Waals surface area contributed by atoms with E-state index in [1.807, 2.05) is 0 Å². The molecule has 1 aliphatic rings. The van der Waals surface area contributed by atoms with E-state index in [2.05, 4.69) is 10.1 Å². The van der Waals surface area contributed by atoms with Gasteiger partial charge in [-0.2, -0.15) is 4.98 Å². The molecule has 6 heteroatoms. The number of hydrogen-bond acceptors (Lipinski definition) is 4. The summed E-state index contributed by atoms with van der Waals surface area (Å²) in [6.07, 6.45) is 3.95. The maximum atomic E-state index is 13.2. The van der Waals surface area contributed by atoms with E-state index in [1.54, 1.807) is 19.1 Å². The van der Waals surface area contributed by atoms with Crippen LogP contribution in [0.25, 0.3) is 11.5 Å². The molecule has 0 aliphatic heterocycles. The molecule has 0 atom stereocenters. The van der Waals surface area contributed by atoms with Crippen LogP contribution in [0, 0.1) is 12.7 Å². The third-order valence-electron chi connectivity index (χ3n) is 3.77. The molecule has 0 bridgehead atoms. The molecule has 1 fully saturated rings. The maximum Gasteiger partial charge on any atom is 0.258 e. The molecule has 3 rings (SSSR count). The number of rotatable bonds is 2. The lowest BCUT2D eigenvalue weighted by Gasteiger charge is -2.17. The Bertz CT molecular complexity index is 608. The van der Waals surface area contributed by atoms with Crippen LogP contribution in [0.5, 0.6) is 0 Å². The first-order chi connectivity index (χ1) is 9.08. The van der Waals surface area contributed by atoms with Crippen molar-refractivity contribution in [1.82, 2.24) is 10.1 Å². The molecule has 0 amide bonds. The van der Waals surface area contributed by atoms with Crippen LogP contribution >= 0.6 is 12.4 Å². The quantitative estimate of drug-likeness (QED) is 0.923. The van der Waals surface area contributed by atoms with Gasteiger partial charge in [0.05, 0.1) is 5.54 Å². The number of nitrogens with zero attached hydrogens (tertiary/aromatic N) is 2. The zero-order valence-electron chi connectivity index (χ0n) is 11.2. The molecule has 0 saturated heterocycles. The minimum absolute atomic E-state index is 0. The van der Waals surface area contributed by atoms with Gasteiger partial charge in [0.25, 0.3) is 5.89 Å².